The fourth-order valence-corrected chi connectivity index (χ4v) is 3.40. The molecule has 0 amide bonds. The fourth-order valence-electron chi connectivity index (χ4n) is 2.43. The van der Waals surface area contributed by atoms with Gasteiger partial charge in [0.25, 0.3) is 0 Å². The second kappa shape index (κ2) is 6.42. The van der Waals surface area contributed by atoms with Crippen LogP contribution in [0.4, 0.5) is 4.39 Å². The molecule has 0 aliphatic heterocycles. The molecule has 0 aliphatic rings. The molecule has 4 rings (SSSR count). The van der Waals surface area contributed by atoms with Crippen LogP contribution < -0.4 is 0 Å². The molecule has 0 spiro atoms. The van der Waals surface area contributed by atoms with Gasteiger partial charge in [-0.1, -0.05) is 11.6 Å². The van der Waals surface area contributed by atoms with Crippen molar-refractivity contribution in [3.63, 3.8) is 0 Å². The molecule has 0 unspecified atom stereocenters. The summed E-state index contributed by atoms with van der Waals surface area (Å²) in [6, 6.07) is 11.8. The zero-order chi connectivity index (χ0) is 17.4. The Morgan fingerprint density at radius 1 is 1.04 bits per heavy atom. The van der Waals surface area contributed by atoms with Crippen molar-refractivity contribution in [3.05, 3.63) is 59.6 Å². The van der Waals surface area contributed by atoms with E-state index in [0.717, 1.165) is 5.56 Å². The SMILES string of the molecule is Cn1c(Sc2ncnc3ccc(F)cc23)nnc1-c1ccc(Cl)cc1. The molecule has 5 nitrogen and oxygen atoms in total. The summed E-state index contributed by atoms with van der Waals surface area (Å²) >= 11 is 7.24. The van der Waals surface area contributed by atoms with Gasteiger partial charge in [0.2, 0.25) is 0 Å². The van der Waals surface area contributed by atoms with Gasteiger partial charge >= 0.3 is 0 Å². The number of fused-ring (bicyclic) bond motifs is 1. The lowest BCUT2D eigenvalue weighted by atomic mass is 10.2. The van der Waals surface area contributed by atoms with Crippen LogP contribution in [0.3, 0.4) is 0 Å². The first kappa shape index (κ1) is 16.0. The van der Waals surface area contributed by atoms with Crippen LogP contribution in [0.5, 0.6) is 0 Å². The Kier molecular flexibility index (Phi) is 4.10. The van der Waals surface area contributed by atoms with Crippen molar-refractivity contribution in [1.29, 1.82) is 0 Å². The van der Waals surface area contributed by atoms with E-state index in [4.69, 9.17) is 11.6 Å². The van der Waals surface area contributed by atoms with E-state index in [1.165, 1.54) is 30.2 Å². The summed E-state index contributed by atoms with van der Waals surface area (Å²) in [4.78, 5) is 8.43. The van der Waals surface area contributed by atoms with E-state index in [-0.39, 0.29) is 5.82 Å². The molecule has 0 atom stereocenters. The van der Waals surface area contributed by atoms with Gasteiger partial charge in [-0.2, -0.15) is 0 Å². The predicted octanol–water partition coefficient (Wildman–Crippen LogP) is 4.37. The molecule has 8 heteroatoms. The van der Waals surface area contributed by atoms with E-state index in [1.54, 1.807) is 18.2 Å². The van der Waals surface area contributed by atoms with Crippen LogP contribution in [-0.4, -0.2) is 24.7 Å². The second-order valence-corrected chi connectivity index (χ2v) is 6.71. The van der Waals surface area contributed by atoms with Crippen LogP contribution in [0.2, 0.25) is 5.02 Å². The van der Waals surface area contributed by atoms with Crippen molar-refractivity contribution < 1.29 is 4.39 Å². The maximum atomic E-state index is 13.6. The van der Waals surface area contributed by atoms with E-state index in [2.05, 4.69) is 20.2 Å². The molecule has 0 saturated carbocycles. The molecule has 2 aromatic heterocycles. The average molecular weight is 372 g/mol. The Morgan fingerprint density at radius 3 is 2.64 bits per heavy atom. The minimum Gasteiger partial charge on any atom is -0.305 e. The summed E-state index contributed by atoms with van der Waals surface area (Å²) in [5, 5.41) is 11.0. The topological polar surface area (TPSA) is 56.5 Å². The van der Waals surface area contributed by atoms with Gasteiger partial charge in [-0.25, -0.2) is 14.4 Å². The highest BCUT2D eigenvalue weighted by Crippen LogP contribution is 2.32. The van der Waals surface area contributed by atoms with Gasteiger partial charge in [0.15, 0.2) is 11.0 Å². The van der Waals surface area contributed by atoms with Crippen LogP contribution in [0.15, 0.2) is 59.0 Å². The van der Waals surface area contributed by atoms with Crippen molar-refractivity contribution >= 4 is 34.3 Å². The number of hydrogen-bond donors (Lipinski definition) is 0. The van der Waals surface area contributed by atoms with Crippen molar-refractivity contribution in [3.8, 4) is 11.4 Å². The van der Waals surface area contributed by atoms with Gasteiger partial charge in [-0.15, -0.1) is 10.2 Å². The lowest BCUT2D eigenvalue weighted by molar-refractivity contribution is 0.629. The molecule has 0 radical (unpaired) electrons. The van der Waals surface area contributed by atoms with Gasteiger partial charge in [0, 0.05) is 23.0 Å². The van der Waals surface area contributed by atoms with Crippen molar-refractivity contribution in [2.75, 3.05) is 0 Å². The summed E-state index contributed by atoms with van der Waals surface area (Å²) in [6.07, 6.45) is 1.46. The maximum Gasteiger partial charge on any atom is 0.197 e. The first-order valence-electron chi connectivity index (χ1n) is 7.35. The Morgan fingerprint density at radius 2 is 1.84 bits per heavy atom. The number of rotatable bonds is 3. The standard InChI is InChI=1S/C17H11ClFN5S/c1-24-15(10-2-4-11(18)5-3-10)22-23-17(24)25-16-13-8-12(19)6-7-14(13)20-9-21-16/h2-9H,1H3. The maximum absolute atomic E-state index is 13.6. The van der Waals surface area contributed by atoms with Crippen LogP contribution in [-0.2, 0) is 7.05 Å². The molecule has 0 N–H and O–H groups in total. The summed E-state index contributed by atoms with van der Waals surface area (Å²) in [5.74, 6) is 0.382. The third-order valence-corrected chi connectivity index (χ3v) is 4.99. The number of aromatic nitrogens is 5. The molecular formula is C17H11ClFN5S. The molecule has 0 saturated heterocycles. The number of halogens is 2. The van der Waals surface area contributed by atoms with Gasteiger partial charge in [-0.3, -0.25) is 0 Å². The Hall–Kier alpha value is -2.51. The van der Waals surface area contributed by atoms with Gasteiger partial charge in [0.1, 0.15) is 17.2 Å². The minimum atomic E-state index is -0.330. The highest BCUT2D eigenvalue weighted by molar-refractivity contribution is 7.99. The zero-order valence-electron chi connectivity index (χ0n) is 13.0. The van der Waals surface area contributed by atoms with Gasteiger partial charge < -0.3 is 4.57 Å². The highest BCUT2D eigenvalue weighted by atomic mass is 35.5. The van der Waals surface area contributed by atoms with Gasteiger partial charge in [-0.05, 0) is 54.2 Å². The van der Waals surface area contributed by atoms with E-state index in [1.807, 2.05) is 23.7 Å². The second-order valence-electron chi connectivity index (χ2n) is 5.31. The molecule has 0 bridgehead atoms. The molecular weight excluding hydrogens is 361 g/mol. The van der Waals surface area contributed by atoms with Crippen LogP contribution in [0, 0.1) is 5.82 Å². The van der Waals surface area contributed by atoms with Crippen molar-refractivity contribution in [2.45, 2.75) is 10.2 Å². The zero-order valence-corrected chi connectivity index (χ0v) is 14.6. The smallest absolute Gasteiger partial charge is 0.197 e. The van der Waals surface area contributed by atoms with Crippen LogP contribution in [0.1, 0.15) is 0 Å². The Bertz CT molecular complexity index is 1060. The minimum absolute atomic E-state index is 0.330. The largest absolute Gasteiger partial charge is 0.305 e. The lowest BCUT2D eigenvalue weighted by Gasteiger charge is -2.06. The lowest BCUT2D eigenvalue weighted by Crippen LogP contribution is -1.95. The molecule has 4 aromatic rings. The summed E-state index contributed by atoms with van der Waals surface area (Å²) in [6.45, 7) is 0. The molecule has 0 fully saturated rings. The molecule has 124 valence electrons. The summed E-state index contributed by atoms with van der Waals surface area (Å²) in [7, 11) is 1.87. The average Bonchev–Trinajstić information content (AvgIpc) is 2.97. The van der Waals surface area contributed by atoms with Gasteiger partial charge in [0.05, 0.1) is 5.52 Å². The normalized spacial score (nSPS) is 11.2. The van der Waals surface area contributed by atoms with E-state index in [0.29, 0.717) is 31.9 Å². The first-order valence-corrected chi connectivity index (χ1v) is 8.55. The van der Waals surface area contributed by atoms with Crippen molar-refractivity contribution in [1.82, 2.24) is 24.7 Å². The Labute approximate surface area is 151 Å². The highest BCUT2D eigenvalue weighted by Gasteiger charge is 2.14. The monoisotopic (exact) mass is 371 g/mol. The number of benzene rings is 2. The molecule has 2 heterocycles. The third kappa shape index (κ3) is 3.08. The van der Waals surface area contributed by atoms with Crippen molar-refractivity contribution in [2.24, 2.45) is 7.05 Å². The predicted molar refractivity (Wildman–Crippen MR) is 95.1 cm³/mol. The summed E-state index contributed by atoms with van der Waals surface area (Å²) < 4.78 is 15.4. The van der Waals surface area contributed by atoms with Crippen LogP contribution >= 0.6 is 23.4 Å². The van der Waals surface area contributed by atoms with E-state index >= 15 is 0 Å². The van der Waals surface area contributed by atoms with E-state index < -0.39 is 0 Å². The number of nitrogens with zero attached hydrogens (tertiary/aromatic N) is 5. The van der Waals surface area contributed by atoms with Crippen LogP contribution in [0.25, 0.3) is 22.3 Å². The molecule has 0 aliphatic carbocycles. The molecule has 25 heavy (non-hydrogen) atoms. The molecule has 2 aromatic carbocycles. The number of hydrogen-bond acceptors (Lipinski definition) is 5. The third-order valence-electron chi connectivity index (χ3n) is 3.69. The first-order chi connectivity index (χ1) is 12.1. The summed E-state index contributed by atoms with van der Waals surface area (Å²) in [5.41, 5.74) is 1.59. The fraction of sp³-hybridized carbons (Fsp3) is 0.0588. The Balaban J connectivity index is 1.73. The van der Waals surface area contributed by atoms with E-state index in [9.17, 15) is 4.39 Å². The quantitative estimate of drug-likeness (QED) is 0.500.